The average molecular weight is 324 g/mol. The Morgan fingerprint density at radius 1 is 1.32 bits per heavy atom. The van der Waals surface area contributed by atoms with Crippen molar-refractivity contribution < 1.29 is 27.5 Å². The second-order valence-corrected chi connectivity index (χ2v) is 3.99. The summed E-state index contributed by atoms with van der Waals surface area (Å²) in [6, 6.07) is -2.03. The van der Waals surface area contributed by atoms with Gasteiger partial charge in [-0.2, -0.15) is 18.3 Å². The van der Waals surface area contributed by atoms with E-state index < -0.39 is 24.8 Å². The molecule has 1 aromatic rings. The highest BCUT2D eigenvalue weighted by atomic mass is 19.4. The van der Waals surface area contributed by atoms with Crippen molar-refractivity contribution in [3.05, 3.63) is 12.4 Å². The lowest BCUT2D eigenvalue weighted by Crippen LogP contribution is -2.50. The van der Waals surface area contributed by atoms with E-state index in [1.165, 1.54) is 29.5 Å². The van der Waals surface area contributed by atoms with E-state index in [1.54, 1.807) is 5.43 Å². The predicted molar refractivity (Wildman–Crippen MR) is 68.8 cm³/mol. The molecule has 0 radical (unpaired) electrons. The minimum absolute atomic E-state index is 0.339. The first-order valence-electron chi connectivity index (χ1n) is 5.99. The number of hydrogen-bond acceptors (Lipinski definition) is 4. The second kappa shape index (κ2) is 8.07. The number of halogens is 3. The van der Waals surface area contributed by atoms with Gasteiger partial charge < -0.3 is 15.4 Å². The third-order valence-corrected chi connectivity index (χ3v) is 2.15. The highest BCUT2D eigenvalue weighted by molar-refractivity contribution is 5.90. The fourth-order valence-corrected chi connectivity index (χ4v) is 1.24. The van der Waals surface area contributed by atoms with E-state index in [0.29, 0.717) is 18.8 Å². The molecule has 0 unspecified atom stereocenters. The van der Waals surface area contributed by atoms with Gasteiger partial charge in [-0.1, -0.05) is 0 Å². The number of hydrogen-bond donors (Lipinski definition) is 4. The van der Waals surface area contributed by atoms with E-state index in [9.17, 15) is 22.8 Å². The number of hydrazine groups is 1. The number of alkyl halides is 3. The minimum Gasteiger partial charge on any atom is -0.383 e. The summed E-state index contributed by atoms with van der Waals surface area (Å²) in [7, 11) is 1.53. The van der Waals surface area contributed by atoms with Gasteiger partial charge in [-0.05, 0) is 0 Å². The van der Waals surface area contributed by atoms with Crippen LogP contribution < -0.4 is 21.5 Å². The van der Waals surface area contributed by atoms with Crippen LogP contribution in [-0.2, 0) is 11.3 Å². The smallest absolute Gasteiger partial charge is 0.383 e. The molecular formula is C10H15F3N6O3. The van der Waals surface area contributed by atoms with Gasteiger partial charge in [0, 0.05) is 13.3 Å². The molecule has 1 rings (SSSR count). The molecule has 0 atom stereocenters. The Morgan fingerprint density at radius 3 is 2.64 bits per heavy atom. The molecule has 1 aromatic heterocycles. The molecule has 0 saturated heterocycles. The summed E-state index contributed by atoms with van der Waals surface area (Å²) in [5.74, 6) is 0. The SMILES string of the molecule is COCCn1cc(NC(=O)NNC(=O)NCC(F)(F)F)cn1. The Morgan fingerprint density at radius 2 is 2.00 bits per heavy atom. The molecule has 0 aliphatic rings. The third kappa shape index (κ3) is 7.33. The first kappa shape index (κ1) is 17.6. The third-order valence-electron chi connectivity index (χ3n) is 2.15. The molecule has 0 aromatic carbocycles. The van der Waals surface area contributed by atoms with Crippen LogP contribution in [0.3, 0.4) is 0 Å². The highest BCUT2D eigenvalue weighted by Gasteiger charge is 2.27. The average Bonchev–Trinajstić information content (AvgIpc) is 2.87. The molecule has 0 saturated carbocycles. The van der Waals surface area contributed by atoms with Crippen LogP contribution in [0.4, 0.5) is 28.4 Å². The first-order chi connectivity index (χ1) is 10.3. The zero-order valence-electron chi connectivity index (χ0n) is 11.5. The molecule has 12 heteroatoms. The topological polar surface area (TPSA) is 109 Å². The number of nitrogens with zero attached hydrogens (tertiary/aromatic N) is 2. The van der Waals surface area contributed by atoms with Crippen molar-refractivity contribution in [3.63, 3.8) is 0 Å². The molecule has 0 aliphatic carbocycles. The Labute approximate surface area is 123 Å². The van der Waals surface area contributed by atoms with Crippen LogP contribution in [0, 0.1) is 0 Å². The van der Waals surface area contributed by atoms with Crippen LogP contribution in [0.25, 0.3) is 0 Å². The van der Waals surface area contributed by atoms with Gasteiger partial charge in [-0.3, -0.25) is 4.68 Å². The van der Waals surface area contributed by atoms with Crippen molar-refractivity contribution in [3.8, 4) is 0 Å². The number of carbonyl (C=O) groups is 2. The van der Waals surface area contributed by atoms with Gasteiger partial charge in [-0.25, -0.2) is 20.4 Å². The first-order valence-corrected chi connectivity index (χ1v) is 5.99. The van der Waals surface area contributed by atoms with Crippen molar-refractivity contribution in [2.24, 2.45) is 0 Å². The van der Waals surface area contributed by atoms with Crippen LogP contribution in [0.15, 0.2) is 12.4 Å². The summed E-state index contributed by atoms with van der Waals surface area (Å²) in [4.78, 5) is 22.4. The molecule has 0 aliphatic heterocycles. The van der Waals surface area contributed by atoms with Crippen molar-refractivity contribution in [1.82, 2.24) is 25.9 Å². The van der Waals surface area contributed by atoms with Gasteiger partial charge in [0.15, 0.2) is 0 Å². The van der Waals surface area contributed by atoms with E-state index in [1.807, 2.05) is 5.43 Å². The molecule has 0 fully saturated rings. The lowest BCUT2D eigenvalue weighted by Gasteiger charge is -2.10. The van der Waals surface area contributed by atoms with Gasteiger partial charge in [0.2, 0.25) is 0 Å². The summed E-state index contributed by atoms with van der Waals surface area (Å²) >= 11 is 0. The van der Waals surface area contributed by atoms with E-state index in [4.69, 9.17) is 4.74 Å². The molecule has 0 spiro atoms. The fourth-order valence-electron chi connectivity index (χ4n) is 1.24. The molecule has 4 N–H and O–H groups in total. The maximum absolute atomic E-state index is 11.8. The summed E-state index contributed by atoms with van der Waals surface area (Å²) in [6.07, 6.45) is -1.66. The van der Waals surface area contributed by atoms with E-state index in [-0.39, 0.29) is 0 Å². The van der Waals surface area contributed by atoms with Gasteiger partial charge in [0.1, 0.15) is 6.54 Å². The Bertz CT molecular complexity index is 504. The van der Waals surface area contributed by atoms with Crippen LogP contribution in [-0.4, -0.2) is 48.3 Å². The summed E-state index contributed by atoms with van der Waals surface area (Å²) in [5, 5.41) is 7.78. The van der Waals surface area contributed by atoms with Crippen molar-refractivity contribution in [1.29, 1.82) is 0 Å². The molecule has 0 bridgehead atoms. The standard InChI is InChI=1S/C10H15F3N6O3/c1-22-3-2-19-5-7(4-15-19)16-9(21)18-17-8(20)14-6-10(11,12)13/h4-5H,2-3,6H2,1H3,(H2,14,17,20)(H2,16,18,21). The normalized spacial score (nSPS) is 10.9. The Kier molecular flexibility index (Phi) is 6.44. The zero-order valence-corrected chi connectivity index (χ0v) is 11.5. The molecule has 9 nitrogen and oxygen atoms in total. The number of nitrogens with one attached hydrogen (secondary N) is 4. The van der Waals surface area contributed by atoms with Crippen molar-refractivity contribution in [2.75, 3.05) is 25.6 Å². The largest absolute Gasteiger partial charge is 0.405 e. The van der Waals surface area contributed by atoms with E-state index in [2.05, 4.69) is 10.4 Å². The number of aromatic nitrogens is 2. The van der Waals surface area contributed by atoms with Gasteiger partial charge >= 0.3 is 18.2 Å². The monoisotopic (exact) mass is 324 g/mol. The fraction of sp³-hybridized carbons (Fsp3) is 0.500. The number of amides is 4. The van der Waals surface area contributed by atoms with Crippen LogP contribution >= 0.6 is 0 Å². The zero-order chi connectivity index (χ0) is 16.6. The van der Waals surface area contributed by atoms with Crippen molar-refractivity contribution in [2.45, 2.75) is 12.7 Å². The number of carbonyl (C=O) groups excluding carboxylic acids is 2. The van der Waals surface area contributed by atoms with Gasteiger partial charge in [0.25, 0.3) is 0 Å². The summed E-state index contributed by atoms with van der Waals surface area (Å²) in [6.45, 7) is -0.583. The quantitative estimate of drug-likeness (QED) is 0.589. The lowest BCUT2D eigenvalue weighted by molar-refractivity contribution is -0.122. The molecule has 124 valence electrons. The molecule has 22 heavy (non-hydrogen) atoms. The number of anilines is 1. The Balaban J connectivity index is 2.28. The predicted octanol–water partition coefficient (Wildman–Crippen LogP) is 0.427. The maximum atomic E-state index is 11.8. The van der Waals surface area contributed by atoms with Crippen LogP contribution in [0.2, 0.25) is 0 Å². The van der Waals surface area contributed by atoms with Gasteiger partial charge in [-0.15, -0.1) is 0 Å². The van der Waals surface area contributed by atoms with Gasteiger partial charge in [0.05, 0.1) is 25.0 Å². The number of methoxy groups -OCH3 is 1. The maximum Gasteiger partial charge on any atom is 0.405 e. The second-order valence-electron chi connectivity index (χ2n) is 3.99. The van der Waals surface area contributed by atoms with E-state index >= 15 is 0 Å². The lowest BCUT2D eigenvalue weighted by atomic mass is 10.5. The van der Waals surface area contributed by atoms with Crippen LogP contribution in [0.5, 0.6) is 0 Å². The number of ether oxygens (including phenoxy) is 1. The molecular weight excluding hydrogens is 309 g/mol. The minimum atomic E-state index is -4.53. The van der Waals surface area contributed by atoms with Crippen LogP contribution in [0.1, 0.15) is 0 Å². The highest BCUT2D eigenvalue weighted by Crippen LogP contribution is 2.11. The number of urea groups is 2. The molecule has 1 heterocycles. The Hall–Kier alpha value is -2.50. The van der Waals surface area contributed by atoms with E-state index in [0.717, 1.165) is 0 Å². The summed E-state index contributed by atoms with van der Waals surface area (Å²) < 4.78 is 41.9. The summed E-state index contributed by atoms with van der Waals surface area (Å²) in [5.41, 5.74) is 3.97. The molecule has 4 amide bonds. The van der Waals surface area contributed by atoms with Crippen molar-refractivity contribution >= 4 is 17.7 Å². The number of rotatable bonds is 5.